The predicted molar refractivity (Wildman–Crippen MR) is 97.6 cm³/mol. The Morgan fingerprint density at radius 3 is 2.56 bits per heavy atom. The summed E-state index contributed by atoms with van der Waals surface area (Å²) in [5, 5.41) is 3.23. The van der Waals surface area contributed by atoms with Crippen molar-refractivity contribution in [2.45, 2.75) is 13.0 Å². The van der Waals surface area contributed by atoms with Crippen LogP contribution in [0.15, 0.2) is 48.5 Å². The zero-order chi connectivity index (χ0) is 18.2. The molecular weight excluding hydrogens is 340 g/mol. The van der Waals surface area contributed by atoms with Gasteiger partial charge in [-0.2, -0.15) is 0 Å². The lowest BCUT2D eigenvalue weighted by atomic mass is 10.1. The number of carbonyl (C=O) groups excluding carboxylic acids is 2. The number of likely N-dealkylation sites (N-methyl/N-ethyl adjacent to an activating group) is 1. The van der Waals surface area contributed by atoms with Gasteiger partial charge in [-0.15, -0.1) is 0 Å². The molecule has 0 unspecified atom stereocenters. The summed E-state index contributed by atoms with van der Waals surface area (Å²) < 4.78 is 5.28. The van der Waals surface area contributed by atoms with E-state index in [1.165, 1.54) is 4.90 Å². The lowest BCUT2D eigenvalue weighted by Gasteiger charge is -2.19. The van der Waals surface area contributed by atoms with Crippen LogP contribution in [0.2, 0.25) is 5.02 Å². The van der Waals surface area contributed by atoms with Gasteiger partial charge in [0.05, 0.1) is 20.1 Å². The van der Waals surface area contributed by atoms with E-state index in [1.54, 1.807) is 32.4 Å². The smallest absolute Gasteiger partial charge is 0.242 e. The van der Waals surface area contributed by atoms with E-state index in [1.807, 2.05) is 30.3 Å². The van der Waals surface area contributed by atoms with Crippen molar-refractivity contribution in [2.24, 2.45) is 0 Å². The van der Waals surface area contributed by atoms with Gasteiger partial charge in [0.25, 0.3) is 0 Å². The van der Waals surface area contributed by atoms with Crippen LogP contribution in [-0.2, 0) is 22.6 Å². The summed E-state index contributed by atoms with van der Waals surface area (Å²) in [6.07, 6.45) is 0.250. The van der Waals surface area contributed by atoms with E-state index >= 15 is 0 Å². The highest BCUT2D eigenvalue weighted by molar-refractivity contribution is 6.30. The topological polar surface area (TPSA) is 58.6 Å². The van der Waals surface area contributed by atoms with Gasteiger partial charge in [-0.25, -0.2) is 0 Å². The normalized spacial score (nSPS) is 10.2. The molecule has 132 valence electrons. The lowest BCUT2D eigenvalue weighted by molar-refractivity contribution is -0.132. The first kappa shape index (κ1) is 18.8. The van der Waals surface area contributed by atoms with Crippen LogP contribution >= 0.6 is 11.6 Å². The van der Waals surface area contributed by atoms with Crippen molar-refractivity contribution in [3.05, 3.63) is 64.7 Å². The average molecular weight is 361 g/mol. The molecule has 0 aromatic heterocycles. The summed E-state index contributed by atoms with van der Waals surface area (Å²) in [5.74, 6) is 0.286. The minimum atomic E-state index is -0.191. The molecule has 25 heavy (non-hydrogen) atoms. The maximum absolute atomic E-state index is 12.2. The van der Waals surface area contributed by atoms with Crippen LogP contribution in [0.3, 0.4) is 0 Å². The molecule has 0 aliphatic rings. The molecule has 0 atom stereocenters. The number of methoxy groups -OCH3 is 1. The Hall–Kier alpha value is -2.53. The summed E-state index contributed by atoms with van der Waals surface area (Å²) in [5.41, 5.74) is 1.71. The number of rotatable bonds is 7. The molecule has 0 saturated carbocycles. The number of halogens is 1. The number of nitrogens with zero attached hydrogens (tertiary/aromatic N) is 1. The Morgan fingerprint density at radius 2 is 1.88 bits per heavy atom. The molecule has 5 nitrogen and oxygen atoms in total. The second-order valence-corrected chi connectivity index (χ2v) is 6.08. The fourth-order valence-electron chi connectivity index (χ4n) is 2.37. The summed E-state index contributed by atoms with van der Waals surface area (Å²) in [6.45, 7) is 0.294. The second-order valence-electron chi connectivity index (χ2n) is 5.65. The molecule has 2 aromatic carbocycles. The van der Waals surface area contributed by atoms with Gasteiger partial charge in [0.2, 0.25) is 11.8 Å². The molecule has 0 aliphatic carbocycles. The van der Waals surface area contributed by atoms with Crippen LogP contribution < -0.4 is 10.1 Å². The van der Waals surface area contributed by atoms with Crippen molar-refractivity contribution >= 4 is 23.4 Å². The Balaban J connectivity index is 1.86. The number of carbonyl (C=O) groups is 2. The minimum absolute atomic E-state index is 0.0505. The molecule has 6 heteroatoms. The van der Waals surface area contributed by atoms with Crippen LogP contribution in [0.5, 0.6) is 5.75 Å². The number of benzene rings is 2. The van der Waals surface area contributed by atoms with E-state index in [2.05, 4.69) is 5.32 Å². The molecule has 1 N–H and O–H groups in total. The summed E-state index contributed by atoms with van der Waals surface area (Å²) >= 11 is 6.00. The van der Waals surface area contributed by atoms with Gasteiger partial charge < -0.3 is 15.0 Å². The van der Waals surface area contributed by atoms with Crippen molar-refractivity contribution < 1.29 is 14.3 Å². The first-order valence-electron chi connectivity index (χ1n) is 7.86. The molecule has 0 spiro atoms. The van der Waals surface area contributed by atoms with Gasteiger partial charge >= 0.3 is 0 Å². The van der Waals surface area contributed by atoms with Crippen molar-refractivity contribution in [1.82, 2.24) is 10.2 Å². The number of ether oxygens (including phenoxy) is 1. The Bertz CT molecular complexity index is 735. The standard InChI is InChI=1S/C19H21ClN2O3/c1-22(13-15-11-16(20)8-9-17(15)25-2)19(24)12-21-18(23)10-14-6-4-3-5-7-14/h3-9,11H,10,12-13H2,1-2H3,(H,21,23). The van der Waals surface area contributed by atoms with E-state index in [0.717, 1.165) is 11.1 Å². The maximum atomic E-state index is 12.2. The van der Waals surface area contributed by atoms with Gasteiger partial charge in [-0.05, 0) is 23.8 Å². The molecule has 2 aromatic rings. The highest BCUT2D eigenvalue weighted by atomic mass is 35.5. The summed E-state index contributed by atoms with van der Waals surface area (Å²) in [7, 11) is 3.24. The maximum Gasteiger partial charge on any atom is 0.242 e. The molecule has 2 amide bonds. The largest absolute Gasteiger partial charge is 0.496 e. The third-order valence-corrected chi connectivity index (χ3v) is 3.96. The van der Waals surface area contributed by atoms with Gasteiger partial charge in [-0.1, -0.05) is 41.9 Å². The summed E-state index contributed by atoms with van der Waals surface area (Å²) in [6, 6.07) is 14.6. The zero-order valence-corrected chi connectivity index (χ0v) is 15.0. The fourth-order valence-corrected chi connectivity index (χ4v) is 2.56. The highest BCUT2D eigenvalue weighted by Gasteiger charge is 2.14. The van der Waals surface area contributed by atoms with E-state index in [-0.39, 0.29) is 24.8 Å². The SMILES string of the molecule is COc1ccc(Cl)cc1CN(C)C(=O)CNC(=O)Cc1ccccc1. The Kier molecular flexibility index (Phi) is 6.83. The van der Waals surface area contributed by atoms with Crippen LogP contribution in [0, 0.1) is 0 Å². The minimum Gasteiger partial charge on any atom is -0.496 e. The second kappa shape index (κ2) is 9.08. The van der Waals surface area contributed by atoms with Crippen molar-refractivity contribution in [3.8, 4) is 5.75 Å². The average Bonchev–Trinajstić information content (AvgIpc) is 2.60. The molecule has 0 saturated heterocycles. The van der Waals surface area contributed by atoms with Crippen molar-refractivity contribution in [2.75, 3.05) is 20.7 Å². The van der Waals surface area contributed by atoms with Crippen LogP contribution in [0.4, 0.5) is 0 Å². The zero-order valence-electron chi connectivity index (χ0n) is 14.3. The Labute approximate surface area is 152 Å². The van der Waals surface area contributed by atoms with Crippen LogP contribution in [0.1, 0.15) is 11.1 Å². The molecule has 0 heterocycles. The molecule has 0 fully saturated rings. The third-order valence-electron chi connectivity index (χ3n) is 3.72. The van der Waals surface area contributed by atoms with Gasteiger partial charge in [0.1, 0.15) is 5.75 Å². The van der Waals surface area contributed by atoms with E-state index in [9.17, 15) is 9.59 Å². The van der Waals surface area contributed by atoms with Crippen molar-refractivity contribution in [3.63, 3.8) is 0 Å². The first-order chi connectivity index (χ1) is 12.0. The molecule has 2 rings (SSSR count). The molecule has 0 bridgehead atoms. The molecular formula is C19H21ClN2O3. The van der Waals surface area contributed by atoms with E-state index in [0.29, 0.717) is 17.3 Å². The summed E-state index contributed by atoms with van der Waals surface area (Å²) in [4.78, 5) is 25.7. The molecule has 0 radical (unpaired) electrons. The number of nitrogens with one attached hydrogen (secondary N) is 1. The monoisotopic (exact) mass is 360 g/mol. The predicted octanol–water partition coefficient (Wildman–Crippen LogP) is 2.67. The lowest BCUT2D eigenvalue weighted by Crippen LogP contribution is -2.38. The number of hydrogen-bond acceptors (Lipinski definition) is 3. The molecule has 0 aliphatic heterocycles. The first-order valence-corrected chi connectivity index (χ1v) is 8.24. The number of hydrogen-bond donors (Lipinski definition) is 1. The highest BCUT2D eigenvalue weighted by Crippen LogP contribution is 2.23. The number of amides is 2. The van der Waals surface area contributed by atoms with Crippen LogP contribution in [-0.4, -0.2) is 37.4 Å². The van der Waals surface area contributed by atoms with Gasteiger partial charge in [0, 0.05) is 24.2 Å². The van der Waals surface area contributed by atoms with Crippen molar-refractivity contribution in [1.29, 1.82) is 0 Å². The van der Waals surface area contributed by atoms with E-state index in [4.69, 9.17) is 16.3 Å². The van der Waals surface area contributed by atoms with Crippen LogP contribution in [0.25, 0.3) is 0 Å². The fraction of sp³-hybridized carbons (Fsp3) is 0.263. The van der Waals surface area contributed by atoms with E-state index < -0.39 is 0 Å². The van der Waals surface area contributed by atoms with Gasteiger partial charge in [-0.3, -0.25) is 9.59 Å². The van der Waals surface area contributed by atoms with Gasteiger partial charge in [0.15, 0.2) is 0 Å². The third kappa shape index (κ3) is 5.80. The quantitative estimate of drug-likeness (QED) is 0.825. The Morgan fingerprint density at radius 1 is 1.16 bits per heavy atom.